The standard InChI is InChI=1S/C8H15N3O.ClH/c1-10-4-5-11(8(10)12)7-2-3-9-6-7;/h7,9H,2-6H2,1H3;1H. The molecule has 2 saturated heterocycles. The minimum Gasteiger partial charge on any atom is -0.326 e. The number of rotatable bonds is 1. The molecule has 76 valence electrons. The molecule has 0 aromatic carbocycles. The van der Waals surface area contributed by atoms with Gasteiger partial charge in [0.1, 0.15) is 0 Å². The van der Waals surface area contributed by atoms with Gasteiger partial charge in [0.15, 0.2) is 0 Å². The lowest BCUT2D eigenvalue weighted by Crippen LogP contribution is -2.39. The van der Waals surface area contributed by atoms with Gasteiger partial charge in [-0.3, -0.25) is 0 Å². The van der Waals surface area contributed by atoms with E-state index in [0.29, 0.717) is 6.04 Å². The molecule has 0 bridgehead atoms. The summed E-state index contributed by atoms with van der Waals surface area (Å²) >= 11 is 0. The lowest BCUT2D eigenvalue weighted by molar-refractivity contribution is 0.185. The van der Waals surface area contributed by atoms with E-state index >= 15 is 0 Å². The van der Waals surface area contributed by atoms with Crippen molar-refractivity contribution < 1.29 is 4.79 Å². The predicted molar refractivity (Wildman–Crippen MR) is 53.3 cm³/mol. The Hall–Kier alpha value is -0.480. The van der Waals surface area contributed by atoms with Crippen molar-refractivity contribution in [2.45, 2.75) is 12.5 Å². The summed E-state index contributed by atoms with van der Waals surface area (Å²) in [5.41, 5.74) is 0. The van der Waals surface area contributed by atoms with Crippen LogP contribution in [0.2, 0.25) is 0 Å². The van der Waals surface area contributed by atoms with Crippen molar-refractivity contribution in [1.82, 2.24) is 15.1 Å². The van der Waals surface area contributed by atoms with Crippen molar-refractivity contribution in [3.8, 4) is 0 Å². The van der Waals surface area contributed by atoms with E-state index in [0.717, 1.165) is 32.6 Å². The Balaban J connectivity index is 0.000000845. The van der Waals surface area contributed by atoms with E-state index in [1.54, 1.807) is 4.90 Å². The van der Waals surface area contributed by atoms with Crippen LogP contribution in [-0.4, -0.2) is 55.1 Å². The molecule has 0 aromatic heterocycles. The predicted octanol–water partition coefficient (Wildman–Crippen LogP) is 0.137. The van der Waals surface area contributed by atoms with Gasteiger partial charge in [-0.2, -0.15) is 0 Å². The molecule has 2 fully saturated rings. The summed E-state index contributed by atoms with van der Waals surface area (Å²) in [5, 5.41) is 3.27. The molecule has 4 nitrogen and oxygen atoms in total. The molecule has 2 heterocycles. The molecule has 1 N–H and O–H groups in total. The van der Waals surface area contributed by atoms with E-state index in [1.165, 1.54) is 0 Å². The summed E-state index contributed by atoms with van der Waals surface area (Å²) in [6.07, 6.45) is 1.11. The van der Waals surface area contributed by atoms with E-state index < -0.39 is 0 Å². The first-order valence-electron chi connectivity index (χ1n) is 4.51. The van der Waals surface area contributed by atoms with Gasteiger partial charge in [0.05, 0.1) is 0 Å². The molecule has 5 heteroatoms. The SMILES string of the molecule is CN1CCN(C2CCNC2)C1=O.Cl. The first-order valence-corrected chi connectivity index (χ1v) is 4.51. The summed E-state index contributed by atoms with van der Waals surface area (Å²) in [4.78, 5) is 15.3. The molecule has 0 aliphatic carbocycles. The topological polar surface area (TPSA) is 35.6 Å². The lowest BCUT2D eigenvalue weighted by Gasteiger charge is -2.22. The molecule has 2 aliphatic rings. The van der Waals surface area contributed by atoms with E-state index in [4.69, 9.17) is 0 Å². The zero-order chi connectivity index (χ0) is 8.55. The highest BCUT2D eigenvalue weighted by atomic mass is 35.5. The van der Waals surface area contributed by atoms with E-state index in [-0.39, 0.29) is 18.4 Å². The molecule has 1 unspecified atom stereocenters. The van der Waals surface area contributed by atoms with Gasteiger partial charge in [-0.05, 0) is 13.0 Å². The van der Waals surface area contributed by atoms with Gasteiger partial charge in [0, 0.05) is 32.7 Å². The fourth-order valence-electron chi connectivity index (χ4n) is 1.91. The molecule has 0 saturated carbocycles. The van der Waals surface area contributed by atoms with Crippen LogP contribution in [0.5, 0.6) is 0 Å². The maximum absolute atomic E-state index is 11.5. The molecule has 2 amide bonds. The minimum atomic E-state index is 0. The van der Waals surface area contributed by atoms with Gasteiger partial charge in [0.2, 0.25) is 0 Å². The number of amides is 2. The van der Waals surface area contributed by atoms with Gasteiger partial charge in [-0.15, -0.1) is 12.4 Å². The number of carbonyl (C=O) groups excluding carboxylic acids is 1. The van der Waals surface area contributed by atoms with Crippen LogP contribution in [0.1, 0.15) is 6.42 Å². The Bertz CT molecular complexity index is 194. The Morgan fingerprint density at radius 1 is 1.46 bits per heavy atom. The molecule has 2 rings (SSSR count). The van der Waals surface area contributed by atoms with Crippen LogP contribution in [0, 0.1) is 0 Å². The number of likely N-dealkylation sites (N-methyl/N-ethyl adjacent to an activating group) is 1. The Labute approximate surface area is 84.7 Å². The van der Waals surface area contributed by atoms with Crippen LogP contribution < -0.4 is 5.32 Å². The molecule has 1 atom stereocenters. The normalized spacial score (nSPS) is 28.1. The third-order valence-electron chi connectivity index (χ3n) is 2.72. The zero-order valence-corrected chi connectivity index (χ0v) is 8.64. The average molecular weight is 206 g/mol. The quantitative estimate of drug-likeness (QED) is 0.661. The molecule has 0 aromatic rings. The number of hydrogen-bond acceptors (Lipinski definition) is 2. The number of urea groups is 1. The number of nitrogens with zero attached hydrogens (tertiary/aromatic N) is 2. The van der Waals surface area contributed by atoms with Crippen molar-refractivity contribution in [1.29, 1.82) is 0 Å². The van der Waals surface area contributed by atoms with E-state index in [2.05, 4.69) is 5.32 Å². The maximum Gasteiger partial charge on any atom is 0.320 e. The lowest BCUT2D eigenvalue weighted by atomic mass is 10.2. The molecule has 13 heavy (non-hydrogen) atoms. The fourth-order valence-corrected chi connectivity index (χ4v) is 1.91. The van der Waals surface area contributed by atoms with Crippen LogP contribution in [0.25, 0.3) is 0 Å². The molecule has 0 radical (unpaired) electrons. The largest absolute Gasteiger partial charge is 0.326 e. The van der Waals surface area contributed by atoms with Crippen molar-refractivity contribution in [2.24, 2.45) is 0 Å². The first-order chi connectivity index (χ1) is 5.79. The summed E-state index contributed by atoms with van der Waals surface area (Å²) in [5.74, 6) is 0. The van der Waals surface area contributed by atoms with Crippen LogP contribution in [0.4, 0.5) is 4.79 Å². The van der Waals surface area contributed by atoms with Gasteiger partial charge in [-0.1, -0.05) is 0 Å². The third-order valence-corrected chi connectivity index (χ3v) is 2.72. The van der Waals surface area contributed by atoms with Crippen LogP contribution in [-0.2, 0) is 0 Å². The van der Waals surface area contributed by atoms with Gasteiger partial charge >= 0.3 is 6.03 Å². The molecule has 2 aliphatic heterocycles. The number of carbonyl (C=O) groups is 1. The fraction of sp³-hybridized carbons (Fsp3) is 0.875. The molecular formula is C8H16ClN3O. The Morgan fingerprint density at radius 2 is 2.23 bits per heavy atom. The third kappa shape index (κ3) is 1.89. The second kappa shape index (κ2) is 4.15. The zero-order valence-electron chi connectivity index (χ0n) is 7.82. The smallest absolute Gasteiger partial charge is 0.320 e. The van der Waals surface area contributed by atoms with Crippen molar-refractivity contribution in [3.63, 3.8) is 0 Å². The van der Waals surface area contributed by atoms with Crippen molar-refractivity contribution in [2.75, 3.05) is 33.2 Å². The van der Waals surface area contributed by atoms with Crippen LogP contribution in [0.3, 0.4) is 0 Å². The highest BCUT2D eigenvalue weighted by Crippen LogP contribution is 2.14. The van der Waals surface area contributed by atoms with Gasteiger partial charge in [-0.25, -0.2) is 4.79 Å². The summed E-state index contributed by atoms with van der Waals surface area (Å²) < 4.78 is 0. The minimum absolute atomic E-state index is 0. The first kappa shape index (κ1) is 10.6. The average Bonchev–Trinajstić information content (AvgIpc) is 2.64. The molecular weight excluding hydrogens is 190 g/mol. The maximum atomic E-state index is 11.5. The Morgan fingerprint density at radius 3 is 2.69 bits per heavy atom. The number of halogens is 1. The van der Waals surface area contributed by atoms with Crippen molar-refractivity contribution in [3.05, 3.63) is 0 Å². The van der Waals surface area contributed by atoms with Gasteiger partial charge in [0.25, 0.3) is 0 Å². The van der Waals surface area contributed by atoms with E-state index in [9.17, 15) is 4.79 Å². The monoisotopic (exact) mass is 205 g/mol. The molecule has 0 spiro atoms. The van der Waals surface area contributed by atoms with Crippen molar-refractivity contribution >= 4 is 18.4 Å². The second-order valence-corrected chi connectivity index (χ2v) is 3.54. The summed E-state index contributed by atoms with van der Waals surface area (Å²) in [7, 11) is 1.87. The second-order valence-electron chi connectivity index (χ2n) is 3.54. The summed E-state index contributed by atoms with van der Waals surface area (Å²) in [6, 6.07) is 0.645. The highest BCUT2D eigenvalue weighted by molar-refractivity contribution is 5.85. The van der Waals surface area contributed by atoms with E-state index in [1.807, 2.05) is 11.9 Å². The van der Waals surface area contributed by atoms with Crippen LogP contribution >= 0.6 is 12.4 Å². The number of hydrogen-bond donors (Lipinski definition) is 1. The Kier molecular flexibility index (Phi) is 3.39. The van der Waals surface area contributed by atoms with Crippen LogP contribution in [0.15, 0.2) is 0 Å². The summed E-state index contributed by atoms with van der Waals surface area (Å²) in [6.45, 7) is 3.81. The van der Waals surface area contributed by atoms with Gasteiger partial charge < -0.3 is 15.1 Å². The number of nitrogens with one attached hydrogen (secondary N) is 1. The highest BCUT2D eigenvalue weighted by Gasteiger charge is 2.32.